The molecule has 32 heavy (non-hydrogen) atoms. The van der Waals surface area contributed by atoms with E-state index in [4.69, 9.17) is 4.74 Å². The van der Waals surface area contributed by atoms with E-state index in [0.717, 1.165) is 0 Å². The fraction of sp³-hybridized carbons (Fsp3) is 0.348. The molecule has 2 atom stereocenters. The highest BCUT2D eigenvalue weighted by molar-refractivity contribution is 5.90. The topological polar surface area (TPSA) is 91.0 Å². The van der Waals surface area contributed by atoms with Gasteiger partial charge >= 0.3 is 6.09 Å². The third-order valence-electron chi connectivity index (χ3n) is 5.01. The number of likely N-dealkylation sites (N-methyl/N-ethyl adjacent to an activating group) is 1. The molecule has 3 rings (SSSR count). The summed E-state index contributed by atoms with van der Waals surface area (Å²) in [6.45, 7) is 2.52. The van der Waals surface area contributed by atoms with Gasteiger partial charge < -0.3 is 20.3 Å². The van der Waals surface area contributed by atoms with Crippen LogP contribution in [0.25, 0.3) is 0 Å². The van der Waals surface area contributed by atoms with Crippen LogP contribution in [0.15, 0.2) is 48.5 Å². The van der Waals surface area contributed by atoms with Gasteiger partial charge in [-0.1, -0.05) is 24.3 Å². The number of hydrogen-bond donors (Lipinski definition) is 2. The molecular formula is C23H27FN4O4. The summed E-state index contributed by atoms with van der Waals surface area (Å²) < 4.78 is 18.9. The normalized spacial score (nSPS) is 17.9. The Bertz CT molecular complexity index is 980. The molecule has 3 amide bonds. The lowest BCUT2D eigenvalue weighted by Gasteiger charge is -2.24. The van der Waals surface area contributed by atoms with E-state index in [1.54, 1.807) is 36.4 Å². The molecule has 1 aliphatic heterocycles. The molecule has 9 heteroatoms. The van der Waals surface area contributed by atoms with Crippen molar-refractivity contribution in [3.63, 3.8) is 0 Å². The lowest BCUT2D eigenvalue weighted by atomic mass is 10.00. The van der Waals surface area contributed by atoms with Gasteiger partial charge in [0.25, 0.3) is 0 Å². The zero-order valence-corrected chi connectivity index (χ0v) is 18.3. The number of halogens is 1. The molecule has 8 nitrogen and oxygen atoms in total. The smallest absolute Gasteiger partial charge is 0.411 e. The summed E-state index contributed by atoms with van der Waals surface area (Å²) >= 11 is 0. The quantitative estimate of drug-likeness (QED) is 0.656. The highest BCUT2D eigenvalue weighted by atomic mass is 19.1. The number of benzene rings is 2. The number of hydrogen-bond acceptors (Lipinski definition) is 5. The number of nitrogens with zero attached hydrogens (tertiary/aromatic N) is 2. The van der Waals surface area contributed by atoms with E-state index in [2.05, 4.69) is 10.6 Å². The second-order valence-corrected chi connectivity index (χ2v) is 7.90. The average Bonchev–Trinajstić information content (AvgIpc) is 3.05. The summed E-state index contributed by atoms with van der Waals surface area (Å²) in [7, 11) is 3.79. The predicted molar refractivity (Wildman–Crippen MR) is 117 cm³/mol. The number of rotatable bonds is 8. The lowest BCUT2D eigenvalue weighted by molar-refractivity contribution is -0.126. The molecule has 1 saturated heterocycles. The van der Waals surface area contributed by atoms with Gasteiger partial charge in [0.05, 0.1) is 6.54 Å². The molecule has 1 fully saturated rings. The van der Waals surface area contributed by atoms with Crippen molar-refractivity contribution in [2.75, 3.05) is 32.5 Å². The second kappa shape index (κ2) is 10.2. The van der Waals surface area contributed by atoms with Crippen LogP contribution in [0.1, 0.15) is 24.2 Å². The number of ether oxygens (including phenoxy) is 1. The predicted octanol–water partition coefficient (Wildman–Crippen LogP) is 2.52. The number of carbonyl (C=O) groups is 3. The fourth-order valence-corrected chi connectivity index (χ4v) is 3.50. The Kier molecular flexibility index (Phi) is 7.42. The van der Waals surface area contributed by atoms with Gasteiger partial charge in [0.1, 0.15) is 5.82 Å². The van der Waals surface area contributed by atoms with Crippen molar-refractivity contribution in [2.24, 2.45) is 0 Å². The van der Waals surface area contributed by atoms with Gasteiger partial charge in [0.15, 0.2) is 12.1 Å². The summed E-state index contributed by atoms with van der Waals surface area (Å²) in [4.78, 5) is 40.6. The van der Waals surface area contributed by atoms with Gasteiger partial charge in [0.2, 0.25) is 11.8 Å². The first-order valence-electron chi connectivity index (χ1n) is 10.3. The highest BCUT2D eigenvalue weighted by Crippen LogP contribution is 2.35. The maximum Gasteiger partial charge on any atom is 0.411 e. The summed E-state index contributed by atoms with van der Waals surface area (Å²) in [6.07, 6.45) is -1.51. The van der Waals surface area contributed by atoms with Crippen molar-refractivity contribution in [1.29, 1.82) is 0 Å². The molecule has 1 aliphatic rings. The Balaban J connectivity index is 1.89. The largest absolute Gasteiger partial charge is 0.438 e. The van der Waals surface area contributed by atoms with Crippen LogP contribution in [0.5, 0.6) is 0 Å². The molecule has 0 bridgehead atoms. The van der Waals surface area contributed by atoms with Crippen LogP contribution in [-0.4, -0.2) is 60.9 Å². The summed E-state index contributed by atoms with van der Waals surface area (Å²) in [5.74, 6) is -0.973. The average molecular weight is 442 g/mol. The van der Waals surface area contributed by atoms with Crippen molar-refractivity contribution >= 4 is 23.6 Å². The maximum absolute atomic E-state index is 13.3. The van der Waals surface area contributed by atoms with E-state index in [0.29, 0.717) is 29.9 Å². The first-order valence-corrected chi connectivity index (χ1v) is 10.3. The molecule has 2 aromatic carbocycles. The SMILES string of the molecule is CC(=O)Nc1cccc(C2OC(=O)N(Cc3ccc(F)cc3)C2C(=O)NCCN(C)C)c1. The monoisotopic (exact) mass is 442 g/mol. The minimum absolute atomic E-state index is 0.0900. The number of anilines is 1. The highest BCUT2D eigenvalue weighted by Gasteiger charge is 2.47. The van der Waals surface area contributed by atoms with E-state index in [1.807, 2.05) is 19.0 Å². The molecule has 1 heterocycles. The van der Waals surface area contributed by atoms with Gasteiger partial charge in [-0.3, -0.25) is 14.5 Å². The third-order valence-corrected chi connectivity index (χ3v) is 5.01. The van der Waals surface area contributed by atoms with Crippen molar-refractivity contribution in [2.45, 2.75) is 25.6 Å². The minimum Gasteiger partial charge on any atom is -0.438 e. The van der Waals surface area contributed by atoms with E-state index in [9.17, 15) is 18.8 Å². The Morgan fingerprint density at radius 3 is 2.53 bits per heavy atom. The van der Waals surface area contributed by atoms with Gasteiger partial charge in [-0.15, -0.1) is 0 Å². The first kappa shape index (κ1) is 23.2. The fourth-order valence-electron chi connectivity index (χ4n) is 3.50. The van der Waals surface area contributed by atoms with Gasteiger partial charge in [-0.2, -0.15) is 0 Å². The van der Waals surface area contributed by atoms with Crippen LogP contribution in [0.3, 0.4) is 0 Å². The Morgan fingerprint density at radius 2 is 1.88 bits per heavy atom. The van der Waals surface area contributed by atoms with Gasteiger partial charge in [-0.25, -0.2) is 9.18 Å². The molecule has 0 aromatic heterocycles. The molecule has 2 aromatic rings. The second-order valence-electron chi connectivity index (χ2n) is 7.90. The lowest BCUT2D eigenvalue weighted by Crippen LogP contribution is -2.47. The molecule has 2 N–H and O–H groups in total. The van der Waals surface area contributed by atoms with E-state index in [1.165, 1.54) is 24.0 Å². The van der Waals surface area contributed by atoms with E-state index in [-0.39, 0.29) is 24.2 Å². The molecule has 0 spiro atoms. The zero-order chi connectivity index (χ0) is 23.3. The van der Waals surface area contributed by atoms with Crippen molar-refractivity contribution in [3.05, 3.63) is 65.5 Å². The standard InChI is InChI=1S/C23H27FN4O4/c1-15(29)26-19-6-4-5-17(13-19)21-20(22(30)25-11-12-27(2)3)28(23(31)32-21)14-16-7-9-18(24)10-8-16/h4-10,13,20-21H,11-12,14H2,1-3H3,(H,25,30)(H,26,29). The Hall–Kier alpha value is -3.46. The van der Waals surface area contributed by atoms with Crippen molar-refractivity contribution in [3.8, 4) is 0 Å². The van der Waals surface area contributed by atoms with Gasteiger partial charge in [0, 0.05) is 25.7 Å². The summed E-state index contributed by atoms with van der Waals surface area (Å²) in [5, 5.41) is 5.56. The molecule has 170 valence electrons. The van der Waals surface area contributed by atoms with Crippen LogP contribution >= 0.6 is 0 Å². The van der Waals surface area contributed by atoms with E-state index < -0.39 is 18.2 Å². The minimum atomic E-state index is -0.928. The van der Waals surface area contributed by atoms with Crippen LogP contribution in [0.4, 0.5) is 14.9 Å². The van der Waals surface area contributed by atoms with Gasteiger partial charge in [-0.05, 0) is 49.5 Å². The Labute approximate surface area is 186 Å². The first-order chi connectivity index (χ1) is 15.2. The van der Waals surface area contributed by atoms with Crippen LogP contribution < -0.4 is 10.6 Å². The zero-order valence-electron chi connectivity index (χ0n) is 18.3. The van der Waals surface area contributed by atoms with Crippen molar-refractivity contribution in [1.82, 2.24) is 15.1 Å². The van der Waals surface area contributed by atoms with Crippen molar-refractivity contribution < 1.29 is 23.5 Å². The molecule has 0 aliphatic carbocycles. The molecule has 0 saturated carbocycles. The Morgan fingerprint density at radius 1 is 1.16 bits per heavy atom. The number of cyclic esters (lactones) is 1. The van der Waals surface area contributed by atoms with Crippen LogP contribution in [0.2, 0.25) is 0 Å². The third kappa shape index (κ3) is 5.82. The molecule has 2 unspecified atom stereocenters. The summed E-state index contributed by atoms with van der Waals surface area (Å²) in [5.41, 5.74) is 1.79. The maximum atomic E-state index is 13.3. The van der Waals surface area contributed by atoms with E-state index >= 15 is 0 Å². The van der Waals surface area contributed by atoms with Crippen LogP contribution in [0, 0.1) is 5.82 Å². The number of carbonyl (C=O) groups excluding carboxylic acids is 3. The summed E-state index contributed by atoms with van der Waals surface area (Å²) in [6, 6.07) is 11.7. The molecular weight excluding hydrogens is 415 g/mol. The molecule has 0 radical (unpaired) electrons. The van der Waals surface area contributed by atoms with Crippen LogP contribution in [-0.2, 0) is 20.9 Å². The number of amides is 3. The number of nitrogens with one attached hydrogen (secondary N) is 2.